The van der Waals surface area contributed by atoms with E-state index in [2.05, 4.69) is 42.3 Å². The summed E-state index contributed by atoms with van der Waals surface area (Å²) in [6.07, 6.45) is 2.40. The Hall–Kier alpha value is -1.98. The van der Waals surface area contributed by atoms with Crippen LogP contribution in [0, 0.1) is 6.92 Å². The number of aryl methyl sites for hydroxylation is 1. The molecule has 0 radical (unpaired) electrons. The van der Waals surface area contributed by atoms with E-state index in [-0.39, 0.29) is 5.91 Å². The number of thiophene rings is 1. The zero-order valence-corrected chi connectivity index (χ0v) is 15.5. The maximum Gasteiger partial charge on any atom is 0.261 e. The van der Waals surface area contributed by atoms with E-state index in [1.807, 2.05) is 12.1 Å². The van der Waals surface area contributed by atoms with Crippen LogP contribution in [0.15, 0.2) is 30.3 Å². The number of likely N-dealkylation sites (tertiary alicyclic amines) is 1. The molecule has 1 aliphatic rings. The number of hydrogen-bond acceptors (Lipinski definition) is 4. The van der Waals surface area contributed by atoms with Crippen molar-refractivity contribution in [2.75, 3.05) is 19.6 Å². The van der Waals surface area contributed by atoms with Crippen LogP contribution in [0.2, 0.25) is 0 Å². The molecule has 1 amide bonds. The van der Waals surface area contributed by atoms with Crippen LogP contribution in [0.25, 0.3) is 21.1 Å². The monoisotopic (exact) mass is 353 g/mol. The number of carbonyl (C=O) groups excluding carboxylic acids is 1. The van der Waals surface area contributed by atoms with Crippen LogP contribution < -0.4 is 5.32 Å². The van der Waals surface area contributed by atoms with Gasteiger partial charge in [0.25, 0.3) is 5.91 Å². The Kier molecular flexibility index (Phi) is 4.44. The predicted octanol–water partition coefficient (Wildman–Crippen LogP) is 3.97. The van der Waals surface area contributed by atoms with Gasteiger partial charge >= 0.3 is 0 Å². The van der Waals surface area contributed by atoms with Crippen LogP contribution in [-0.4, -0.2) is 41.5 Å². The van der Waals surface area contributed by atoms with Gasteiger partial charge in [-0.05, 0) is 57.1 Å². The first-order chi connectivity index (χ1) is 12.1. The molecule has 1 fully saturated rings. The second-order valence-corrected chi connectivity index (χ2v) is 7.85. The van der Waals surface area contributed by atoms with E-state index in [4.69, 9.17) is 4.98 Å². The highest BCUT2D eigenvalue weighted by Gasteiger charge is 2.23. The molecule has 0 aliphatic carbocycles. The Morgan fingerprint density at radius 2 is 2.20 bits per heavy atom. The van der Waals surface area contributed by atoms with Crippen molar-refractivity contribution >= 4 is 38.4 Å². The summed E-state index contributed by atoms with van der Waals surface area (Å²) in [7, 11) is 0. The van der Waals surface area contributed by atoms with Crippen molar-refractivity contribution in [3.05, 3.63) is 40.8 Å². The van der Waals surface area contributed by atoms with Gasteiger partial charge in [-0.2, -0.15) is 0 Å². The highest BCUT2D eigenvalue weighted by Crippen LogP contribution is 2.28. The first-order valence-electron chi connectivity index (χ1n) is 8.97. The molecule has 2 aromatic heterocycles. The minimum absolute atomic E-state index is 0.0196. The smallest absolute Gasteiger partial charge is 0.261 e. The van der Waals surface area contributed by atoms with Gasteiger partial charge < -0.3 is 5.32 Å². The molecular formula is C20H23N3OS. The first-order valence-corrected chi connectivity index (χ1v) is 9.79. The standard InChI is InChI=1S/C20H23N3OS/c1-3-23-8-4-5-16(23)12-21-19(24)18-11-15-10-14-9-13(2)6-7-17(14)22-20(15)25-18/h6-7,9-11,16H,3-5,8,12H2,1-2H3,(H,21,24)/t16-/m0/s1. The van der Waals surface area contributed by atoms with Crippen LogP contribution >= 0.6 is 11.3 Å². The lowest BCUT2D eigenvalue weighted by molar-refractivity contribution is 0.0945. The topological polar surface area (TPSA) is 45.2 Å². The summed E-state index contributed by atoms with van der Waals surface area (Å²) in [5.41, 5.74) is 2.20. The maximum absolute atomic E-state index is 12.6. The molecule has 1 aliphatic heterocycles. The van der Waals surface area contributed by atoms with Gasteiger partial charge in [0.05, 0.1) is 10.4 Å². The Bertz CT molecular complexity index is 933. The number of carbonyl (C=O) groups is 1. The van der Waals surface area contributed by atoms with Crippen molar-refractivity contribution in [1.29, 1.82) is 0 Å². The molecule has 0 spiro atoms. The lowest BCUT2D eigenvalue weighted by atomic mass is 10.1. The van der Waals surface area contributed by atoms with Crippen LogP contribution in [-0.2, 0) is 0 Å². The molecule has 130 valence electrons. The summed E-state index contributed by atoms with van der Waals surface area (Å²) < 4.78 is 0. The minimum Gasteiger partial charge on any atom is -0.350 e. The largest absolute Gasteiger partial charge is 0.350 e. The number of benzene rings is 1. The van der Waals surface area contributed by atoms with Crippen molar-refractivity contribution in [1.82, 2.24) is 15.2 Å². The molecule has 0 bridgehead atoms. The zero-order chi connectivity index (χ0) is 17.4. The summed E-state index contributed by atoms with van der Waals surface area (Å²) >= 11 is 1.48. The number of rotatable bonds is 4. The number of nitrogens with zero attached hydrogens (tertiary/aromatic N) is 2. The summed E-state index contributed by atoms with van der Waals surface area (Å²) in [6, 6.07) is 10.8. The Labute approximate surface area is 151 Å². The van der Waals surface area contributed by atoms with Crippen molar-refractivity contribution in [2.24, 2.45) is 0 Å². The molecule has 1 saturated heterocycles. The average molecular weight is 353 g/mol. The molecule has 0 unspecified atom stereocenters. The maximum atomic E-state index is 12.6. The Morgan fingerprint density at radius 3 is 3.04 bits per heavy atom. The van der Waals surface area contributed by atoms with Crippen molar-refractivity contribution < 1.29 is 4.79 Å². The van der Waals surface area contributed by atoms with E-state index in [1.165, 1.54) is 29.7 Å². The molecule has 1 N–H and O–H groups in total. The van der Waals surface area contributed by atoms with Crippen molar-refractivity contribution in [3.63, 3.8) is 0 Å². The second-order valence-electron chi connectivity index (χ2n) is 6.82. The highest BCUT2D eigenvalue weighted by atomic mass is 32.1. The SMILES string of the molecule is CCN1CCC[C@H]1CNC(=O)c1cc2cc3cc(C)ccc3nc2s1. The lowest BCUT2D eigenvalue weighted by Crippen LogP contribution is -2.39. The molecule has 1 aromatic carbocycles. The van der Waals surface area contributed by atoms with E-state index >= 15 is 0 Å². The van der Waals surface area contributed by atoms with Gasteiger partial charge in [0.2, 0.25) is 0 Å². The molecular weight excluding hydrogens is 330 g/mol. The summed E-state index contributed by atoms with van der Waals surface area (Å²) in [6.45, 7) is 7.20. The number of likely N-dealkylation sites (N-methyl/N-ethyl adjacent to an activating group) is 1. The first kappa shape index (κ1) is 16.5. The minimum atomic E-state index is 0.0196. The fourth-order valence-corrected chi connectivity index (χ4v) is 4.65. The molecule has 4 nitrogen and oxygen atoms in total. The van der Waals surface area contributed by atoms with Crippen LogP contribution in [0.3, 0.4) is 0 Å². The van der Waals surface area contributed by atoms with E-state index in [0.717, 1.165) is 45.6 Å². The average Bonchev–Trinajstić information content (AvgIpc) is 3.23. The molecule has 25 heavy (non-hydrogen) atoms. The van der Waals surface area contributed by atoms with E-state index in [1.54, 1.807) is 0 Å². The number of aromatic nitrogens is 1. The molecule has 5 heteroatoms. The van der Waals surface area contributed by atoms with E-state index < -0.39 is 0 Å². The molecule has 1 atom stereocenters. The van der Waals surface area contributed by atoms with Crippen molar-refractivity contribution in [3.8, 4) is 0 Å². The summed E-state index contributed by atoms with van der Waals surface area (Å²) in [5.74, 6) is 0.0196. The number of fused-ring (bicyclic) bond motifs is 2. The fraction of sp³-hybridized carbons (Fsp3) is 0.400. The number of pyridine rings is 1. The number of amides is 1. The highest BCUT2D eigenvalue weighted by molar-refractivity contribution is 7.20. The lowest BCUT2D eigenvalue weighted by Gasteiger charge is -2.22. The zero-order valence-electron chi connectivity index (χ0n) is 14.7. The van der Waals surface area contributed by atoms with Crippen LogP contribution in [0.5, 0.6) is 0 Å². The fourth-order valence-electron chi connectivity index (χ4n) is 3.71. The van der Waals surface area contributed by atoms with Gasteiger partial charge in [-0.15, -0.1) is 11.3 Å². The second kappa shape index (κ2) is 6.73. The van der Waals surface area contributed by atoms with Crippen molar-refractivity contribution in [2.45, 2.75) is 32.7 Å². The molecule has 3 heterocycles. The normalized spacial score (nSPS) is 18.2. The number of nitrogens with one attached hydrogen (secondary N) is 1. The predicted molar refractivity (Wildman–Crippen MR) is 104 cm³/mol. The van der Waals surface area contributed by atoms with E-state index in [0.29, 0.717) is 6.04 Å². The van der Waals surface area contributed by atoms with Gasteiger partial charge in [-0.3, -0.25) is 9.69 Å². The third kappa shape index (κ3) is 3.26. The summed E-state index contributed by atoms with van der Waals surface area (Å²) in [5, 5.41) is 5.29. The third-order valence-electron chi connectivity index (χ3n) is 5.08. The van der Waals surface area contributed by atoms with Gasteiger partial charge in [-0.25, -0.2) is 4.98 Å². The third-order valence-corrected chi connectivity index (χ3v) is 6.13. The Morgan fingerprint density at radius 1 is 1.32 bits per heavy atom. The van der Waals surface area contributed by atoms with Crippen LogP contribution in [0.1, 0.15) is 35.0 Å². The van der Waals surface area contributed by atoms with Gasteiger partial charge in [-0.1, -0.05) is 18.6 Å². The summed E-state index contributed by atoms with van der Waals surface area (Å²) in [4.78, 5) is 21.4. The number of hydrogen-bond donors (Lipinski definition) is 1. The van der Waals surface area contributed by atoms with Gasteiger partial charge in [0.15, 0.2) is 0 Å². The van der Waals surface area contributed by atoms with Gasteiger partial charge in [0.1, 0.15) is 4.83 Å². The quantitative estimate of drug-likeness (QED) is 0.772. The van der Waals surface area contributed by atoms with Gasteiger partial charge in [0, 0.05) is 23.4 Å². The molecule has 3 aromatic rings. The van der Waals surface area contributed by atoms with E-state index in [9.17, 15) is 4.79 Å². The molecule has 0 saturated carbocycles. The van der Waals surface area contributed by atoms with Crippen LogP contribution in [0.4, 0.5) is 0 Å². The molecule has 4 rings (SSSR count). The Balaban J connectivity index is 1.54.